The zero-order valence-corrected chi connectivity index (χ0v) is 16.8. The molecule has 0 N–H and O–H groups in total. The molecule has 2 heterocycles. The molecule has 0 saturated heterocycles. The molecule has 0 bridgehead atoms. The molecule has 29 heavy (non-hydrogen) atoms. The van der Waals surface area contributed by atoms with E-state index in [9.17, 15) is 13.8 Å². The summed E-state index contributed by atoms with van der Waals surface area (Å²) in [6, 6.07) is 23.2. The lowest BCUT2D eigenvalue weighted by molar-refractivity contribution is 0.100. The first-order valence-corrected chi connectivity index (χ1v) is 11.1. The van der Waals surface area contributed by atoms with Crippen molar-refractivity contribution >= 4 is 33.7 Å². The van der Waals surface area contributed by atoms with Gasteiger partial charge in [-0.2, -0.15) is 0 Å². The Kier molecular flexibility index (Phi) is 4.34. The van der Waals surface area contributed by atoms with Gasteiger partial charge in [0.15, 0.2) is 5.78 Å². The van der Waals surface area contributed by atoms with Crippen LogP contribution in [0.15, 0.2) is 94.0 Å². The van der Waals surface area contributed by atoms with Crippen LogP contribution in [-0.2, 0) is 10.8 Å². The summed E-state index contributed by atoms with van der Waals surface area (Å²) in [7, 11) is -1.23. The second-order valence-electron chi connectivity index (χ2n) is 6.66. The van der Waals surface area contributed by atoms with Gasteiger partial charge in [-0.15, -0.1) is 11.3 Å². The molecule has 1 atom stereocenters. The van der Waals surface area contributed by atoms with Gasteiger partial charge < -0.3 is 0 Å². The quantitative estimate of drug-likeness (QED) is 0.372. The third-order valence-corrected chi connectivity index (χ3v) is 7.36. The van der Waals surface area contributed by atoms with Gasteiger partial charge in [0.2, 0.25) is 5.78 Å². The van der Waals surface area contributed by atoms with Crippen molar-refractivity contribution in [2.75, 3.05) is 0 Å². The second kappa shape index (κ2) is 7.03. The Hall–Kier alpha value is -3.15. The standard InChI is InChI=1S/C24H14O3S2/c25-23(17-7-1-2-8-18(17)24(26)20-9-5-13-28-20)15-11-12-22-19(14-15)16-6-3-4-10-21(16)29(22)27/h1-14H. The number of rotatable bonds is 4. The minimum absolute atomic E-state index is 0.156. The normalized spacial score (nSPS) is 14.3. The predicted octanol–water partition coefficient (Wildman–Crippen LogP) is 5.36. The maximum Gasteiger partial charge on any atom is 0.203 e. The molecule has 3 nitrogen and oxygen atoms in total. The van der Waals surface area contributed by atoms with E-state index in [1.54, 1.807) is 48.5 Å². The van der Waals surface area contributed by atoms with Crippen LogP contribution < -0.4 is 0 Å². The molecule has 3 aromatic carbocycles. The Bertz CT molecular complexity index is 1300. The number of carbonyl (C=O) groups is 2. The van der Waals surface area contributed by atoms with Gasteiger partial charge >= 0.3 is 0 Å². The number of hydrogen-bond donors (Lipinski definition) is 0. The van der Waals surface area contributed by atoms with Crippen molar-refractivity contribution in [2.24, 2.45) is 0 Å². The van der Waals surface area contributed by atoms with Gasteiger partial charge in [0.25, 0.3) is 0 Å². The van der Waals surface area contributed by atoms with Crippen LogP contribution in [-0.4, -0.2) is 15.8 Å². The predicted molar refractivity (Wildman–Crippen MR) is 114 cm³/mol. The smallest absolute Gasteiger partial charge is 0.203 e. The summed E-state index contributed by atoms with van der Waals surface area (Å²) < 4.78 is 12.7. The molecule has 0 amide bonds. The molecule has 5 heteroatoms. The highest BCUT2D eigenvalue weighted by atomic mass is 32.2. The Balaban J connectivity index is 1.59. The number of fused-ring (bicyclic) bond motifs is 3. The fraction of sp³-hybridized carbons (Fsp3) is 0. The number of carbonyl (C=O) groups excluding carboxylic acids is 2. The zero-order chi connectivity index (χ0) is 20.0. The van der Waals surface area contributed by atoms with Crippen molar-refractivity contribution < 1.29 is 13.8 Å². The first-order chi connectivity index (χ1) is 14.1. The van der Waals surface area contributed by atoms with Crippen LogP contribution in [0.2, 0.25) is 0 Å². The minimum Gasteiger partial charge on any atom is -0.289 e. The molecule has 1 aliphatic heterocycles. The van der Waals surface area contributed by atoms with E-state index in [1.807, 2.05) is 35.7 Å². The molecule has 1 unspecified atom stereocenters. The third-order valence-electron chi connectivity index (χ3n) is 4.98. The lowest BCUT2D eigenvalue weighted by Gasteiger charge is -2.09. The Morgan fingerprint density at radius 2 is 1.38 bits per heavy atom. The number of ketones is 2. The summed E-state index contributed by atoms with van der Waals surface area (Å²) in [5.74, 6) is -0.375. The van der Waals surface area contributed by atoms with Crippen LogP contribution in [0.3, 0.4) is 0 Å². The lowest BCUT2D eigenvalue weighted by atomic mass is 9.94. The molecule has 140 valence electrons. The Morgan fingerprint density at radius 1 is 0.690 bits per heavy atom. The van der Waals surface area contributed by atoms with Gasteiger partial charge in [-0.1, -0.05) is 48.5 Å². The highest BCUT2D eigenvalue weighted by Crippen LogP contribution is 2.41. The molecule has 1 aliphatic rings. The molecule has 0 spiro atoms. The van der Waals surface area contributed by atoms with Gasteiger partial charge in [0.05, 0.1) is 25.5 Å². The fourth-order valence-corrected chi connectivity index (χ4v) is 5.64. The maximum atomic E-state index is 13.3. The summed E-state index contributed by atoms with van der Waals surface area (Å²) in [5.41, 5.74) is 2.94. The topological polar surface area (TPSA) is 51.2 Å². The molecule has 1 aromatic heterocycles. The fourth-order valence-electron chi connectivity index (χ4n) is 3.59. The van der Waals surface area contributed by atoms with E-state index in [2.05, 4.69) is 0 Å². The summed E-state index contributed by atoms with van der Waals surface area (Å²) in [6.07, 6.45) is 0. The Labute approximate surface area is 174 Å². The highest BCUT2D eigenvalue weighted by Gasteiger charge is 2.27. The van der Waals surface area contributed by atoms with Crippen molar-refractivity contribution in [1.29, 1.82) is 0 Å². The molecular weight excluding hydrogens is 400 g/mol. The maximum absolute atomic E-state index is 13.3. The zero-order valence-electron chi connectivity index (χ0n) is 15.1. The molecular formula is C24H14O3S2. The van der Waals surface area contributed by atoms with Crippen LogP contribution in [0.25, 0.3) is 11.1 Å². The molecule has 0 aliphatic carbocycles. The van der Waals surface area contributed by atoms with Crippen LogP contribution >= 0.6 is 11.3 Å². The number of hydrogen-bond acceptors (Lipinski definition) is 4. The summed E-state index contributed by atoms with van der Waals surface area (Å²) in [4.78, 5) is 28.3. The van der Waals surface area contributed by atoms with Crippen LogP contribution in [0.1, 0.15) is 31.2 Å². The summed E-state index contributed by atoms with van der Waals surface area (Å²) in [6.45, 7) is 0. The van der Waals surface area contributed by atoms with E-state index < -0.39 is 10.8 Å². The molecule has 0 saturated carbocycles. The van der Waals surface area contributed by atoms with Gasteiger partial charge in [-0.05, 0) is 41.3 Å². The molecule has 0 radical (unpaired) electrons. The van der Waals surface area contributed by atoms with Gasteiger partial charge in [0.1, 0.15) is 0 Å². The largest absolute Gasteiger partial charge is 0.289 e. The van der Waals surface area contributed by atoms with Crippen molar-refractivity contribution in [1.82, 2.24) is 0 Å². The Morgan fingerprint density at radius 3 is 2.14 bits per heavy atom. The van der Waals surface area contributed by atoms with Crippen molar-refractivity contribution in [3.63, 3.8) is 0 Å². The van der Waals surface area contributed by atoms with Crippen LogP contribution in [0.5, 0.6) is 0 Å². The van der Waals surface area contributed by atoms with E-state index in [0.29, 0.717) is 26.5 Å². The van der Waals surface area contributed by atoms with E-state index >= 15 is 0 Å². The molecule has 5 rings (SSSR count). The SMILES string of the molecule is O=C(c1ccc2c(c1)-c1ccccc1S2=O)c1ccccc1C(=O)c1cccs1. The van der Waals surface area contributed by atoms with Crippen LogP contribution in [0.4, 0.5) is 0 Å². The molecule has 4 aromatic rings. The van der Waals surface area contributed by atoms with Gasteiger partial charge in [0, 0.05) is 22.3 Å². The minimum atomic E-state index is -1.23. The van der Waals surface area contributed by atoms with Crippen LogP contribution in [0, 0.1) is 0 Å². The first kappa shape index (κ1) is 17.9. The average molecular weight is 415 g/mol. The first-order valence-electron chi connectivity index (χ1n) is 9.02. The molecule has 0 fully saturated rings. The highest BCUT2D eigenvalue weighted by molar-refractivity contribution is 7.85. The van der Waals surface area contributed by atoms with E-state index in [0.717, 1.165) is 16.0 Å². The summed E-state index contributed by atoms with van der Waals surface area (Å²) >= 11 is 1.36. The van der Waals surface area contributed by atoms with Gasteiger partial charge in [-0.3, -0.25) is 9.59 Å². The van der Waals surface area contributed by atoms with E-state index in [4.69, 9.17) is 0 Å². The second-order valence-corrected chi connectivity index (χ2v) is 9.02. The van der Waals surface area contributed by atoms with E-state index in [-0.39, 0.29) is 11.6 Å². The average Bonchev–Trinajstić information content (AvgIpc) is 3.40. The number of benzene rings is 3. The monoisotopic (exact) mass is 414 g/mol. The van der Waals surface area contributed by atoms with Gasteiger partial charge in [-0.25, -0.2) is 4.21 Å². The van der Waals surface area contributed by atoms with Crippen molar-refractivity contribution in [3.05, 3.63) is 106 Å². The van der Waals surface area contributed by atoms with Crippen molar-refractivity contribution in [2.45, 2.75) is 9.79 Å². The number of thiophene rings is 1. The third kappa shape index (κ3) is 2.90. The van der Waals surface area contributed by atoms with Crippen molar-refractivity contribution in [3.8, 4) is 11.1 Å². The summed E-state index contributed by atoms with van der Waals surface area (Å²) in [5, 5.41) is 1.84. The van der Waals surface area contributed by atoms with E-state index in [1.165, 1.54) is 11.3 Å². The lowest BCUT2D eigenvalue weighted by Crippen LogP contribution is -2.10.